The number of hydrogen-bond donors (Lipinski definition) is 1. The van der Waals surface area contributed by atoms with Gasteiger partial charge in [-0.25, -0.2) is 0 Å². The Balaban J connectivity index is 1.51. The minimum atomic E-state index is 0.0860. The summed E-state index contributed by atoms with van der Waals surface area (Å²) in [6.45, 7) is 4.14. The SMILES string of the molecule is CC(=O)NC1CCC2(CCN(C3CCCCC3)CC2)c2ccccc21. The van der Waals surface area contributed by atoms with Gasteiger partial charge in [0.05, 0.1) is 6.04 Å². The molecule has 1 aromatic rings. The Morgan fingerprint density at radius 2 is 1.76 bits per heavy atom. The van der Waals surface area contributed by atoms with Gasteiger partial charge in [0.2, 0.25) is 5.91 Å². The molecular formula is C22H32N2O. The molecule has 1 heterocycles. The molecule has 3 aliphatic rings. The standard InChI is InChI=1S/C22H32N2O/c1-17(25)23-21-11-12-22(20-10-6-5-9-19(20)21)13-15-24(16-14-22)18-7-3-2-4-8-18/h5-6,9-10,18,21H,2-4,7-8,11-16H2,1H3,(H,23,25). The Morgan fingerprint density at radius 3 is 2.48 bits per heavy atom. The van der Waals surface area contributed by atoms with Gasteiger partial charge >= 0.3 is 0 Å². The molecule has 0 aromatic heterocycles. The first-order valence-electron chi connectivity index (χ1n) is 10.3. The highest BCUT2D eigenvalue weighted by molar-refractivity contribution is 5.73. The van der Waals surface area contributed by atoms with Crippen LogP contribution in [0, 0.1) is 0 Å². The van der Waals surface area contributed by atoms with Crippen LogP contribution in [0.3, 0.4) is 0 Å². The van der Waals surface area contributed by atoms with Crippen LogP contribution >= 0.6 is 0 Å². The van der Waals surface area contributed by atoms with Crippen molar-refractivity contribution in [2.75, 3.05) is 13.1 Å². The molecule has 2 fully saturated rings. The molecule has 2 aliphatic carbocycles. The number of benzene rings is 1. The van der Waals surface area contributed by atoms with Crippen LogP contribution in [0.2, 0.25) is 0 Å². The molecule has 1 aromatic carbocycles. The number of carbonyl (C=O) groups is 1. The van der Waals surface area contributed by atoms with Crippen LogP contribution in [0.4, 0.5) is 0 Å². The average molecular weight is 341 g/mol. The molecule has 1 unspecified atom stereocenters. The number of rotatable bonds is 2. The third-order valence-electron chi connectivity index (χ3n) is 7.04. The second-order valence-electron chi connectivity index (χ2n) is 8.49. The van der Waals surface area contributed by atoms with Gasteiger partial charge in [0.25, 0.3) is 0 Å². The Bertz CT molecular complexity index is 612. The lowest BCUT2D eigenvalue weighted by Gasteiger charge is -2.49. The second kappa shape index (κ2) is 7.11. The Labute approximate surface area is 152 Å². The molecule has 1 spiro atoms. The van der Waals surface area contributed by atoms with E-state index in [0.717, 1.165) is 12.5 Å². The first kappa shape index (κ1) is 17.1. The van der Waals surface area contributed by atoms with E-state index in [2.05, 4.69) is 34.5 Å². The molecule has 0 bridgehead atoms. The highest BCUT2D eigenvalue weighted by atomic mass is 16.1. The van der Waals surface area contributed by atoms with Crippen molar-refractivity contribution in [2.24, 2.45) is 0 Å². The number of nitrogens with one attached hydrogen (secondary N) is 1. The average Bonchev–Trinajstić information content (AvgIpc) is 2.66. The highest BCUT2D eigenvalue weighted by Crippen LogP contribution is 2.48. The minimum absolute atomic E-state index is 0.0860. The lowest BCUT2D eigenvalue weighted by Crippen LogP contribution is -2.49. The molecule has 1 N–H and O–H groups in total. The third kappa shape index (κ3) is 3.36. The van der Waals surface area contributed by atoms with Gasteiger partial charge in [-0.1, -0.05) is 43.5 Å². The third-order valence-corrected chi connectivity index (χ3v) is 7.04. The summed E-state index contributed by atoms with van der Waals surface area (Å²) in [7, 11) is 0. The Hall–Kier alpha value is -1.35. The van der Waals surface area contributed by atoms with Crippen molar-refractivity contribution in [3.8, 4) is 0 Å². The maximum absolute atomic E-state index is 11.6. The van der Waals surface area contributed by atoms with Crippen molar-refractivity contribution in [2.45, 2.75) is 82.2 Å². The van der Waals surface area contributed by atoms with Gasteiger partial charge in [-0.05, 0) is 68.2 Å². The summed E-state index contributed by atoms with van der Waals surface area (Å²) in [5.74, 6) is 0.0860. The van der Waals surface area contributed by atoms with E-state index in [4.69, 9.17) is 0 Å². The van der Waals surface area contributed by atoms with Gasteiger partial charge in [0, 0.05) is 13.0 Å². The van der Waals surface area contributed by atoms with Gasteiger partial charge in [0.15, 0.2) is 0 Å². The first-order valence-corrected chi connectivity index (χ1v) is 10.3. The van der Waals surface area contributed by atoms with Crippen molar-refractivity contribution in [3.63, 3.8) is 0 Å². The zero-order valence-electron chi connectivity index (χ0n) is 15.6. The number of piperidine rings is 1. The predicted molar refractivity (Wildman–Crippen MR) is 102 cm³/mol. The summed E-state index contributed by atoms with van der Waals surface area (Å²) in [5, 5.41) is 3.17. The molecule has 1 saturated carbocycles. The second-order valence-corrected chi connectivity index (χ2v) is 8.49. The van der Waals surface area contributed by atoms with Crippen molar-refractivity contribution < 1.29 is 4.79 Å². The normalized spacial score (nSPS) is 27.0. The molecule has 1 amide bonds. The summed E-state index contributed by atoms with van der Waals surface area (Å²) in [6.07, 6.45) is 12.0. The van der Waals surface area contributed by atoms with E-state index in [0.29, 0.717) is 5.41 Å². The zero-order chi connectivity index (χ0) is 17.3. The fraction of sp³-hybridized carbons (Fsp3) is 0.682. The molecule has 3 nitrogen and oxygen atoms in total. The summed E-state index contributed by atoms with van der Waals surface area (Å²) in [5.41, 5.74) is 3.23. The molecule has 3 heteroatoms. The Kier molecular flexibility index (Phi) is 4.86. The maximum Gasteiger partial charge on any atom is 0.217 e. The lowest BCUT2D eigenvalue weighted by atomic mass is 9.63. The van der Waals surface area contributed by atoms with Crippen LogP contribution in [0.15, 0.2) is 24.3 Å². The molecule has 1 aliphatic heterocycles. The topological polar surface area (TPSA) is 32.3 Å². The number of carbonyl (C=O) groups excluding carboxylic acids is 1. The van der Waals surface area contributed by atoms with Gasteiger partial charge in [-0.15, -0.1) is 0 Å². The molecular weight excluding hydrogens is 308 g/mol. The van der Waals surface area contributed by atoms with E-state index < -0.39 is 0 Å². The number of likely N-dealkylation sites (tertiary alicyclic amines) is 1. The number of hydrogen-bond acceptors (Lipinski definition) is 2. The molecule has 136 valence electrons. The van der Waals surface area contributed by atoms with E-state index in [9.17, 15) is 4.79 Å². The molecule has 25 heavy (non-hydrogen) atoms. The largest absolute Gasteiger partial charge is 0.350 e. The van der Waals surface area contributed by atoms with E-state index in [-0.39, 0.29) is 11.9 Å². The van der Waals surface area contributed by atoms with Crippen molar-refractivity contribution in [3.05, 3.63) is 35.4 Å². The van der Waals surface area contributed by atoms with Crippen LogP contribution in [-0.2, 0) is 10.2 Å². The summed E-state index contributed by atoms with van der Waals surface area (Å²) in [6, 6.07) is 9.94. The van der Waals surface area contributed by atoms with Gasteiger partial charge in [0.1, 0.15) is 0 Å². The molecule has 0 radical (unpaired) electrons. The fourth-order valence-corrected chi connectivity index (χ4v) is 5.67. The molecule has 4 rings (SSSR count). The van der Waals surface area contributed by atoms with Crippen LogP contribution in [0.1, 0.15) is 81.9 Å². The van der Waals surface area contributed by atoms with Crippen molar-refractivity contribution >= 4 is 5.91 Å². The first-order chi connectivity index (χ1) is 12.2. The number of fused-ring (bicyclic) bond motifs is 2. The summed E-state index contributed by atoms with van der Waals surface area (Å²) < 4.78 is 0. The van der Waals surface area contributed by atoms with Crippen molar-refractivity contribution in [1.82, 2.24) is 10.2 Å². The maximum atomic E-state index is 11.6. The van der Waals surface area contributed by atoms with Crippen molar-refractivity contribution in [1.29, 1.82) is 0 Å². The number of nitrogens with zero attached hydrogens (tertiary/aromatic N) is 1. The molecule has 1 atom stereocenters. The van der Waals surface area contributed by atoms with Crippen LogP contribution in [-0.4, -0.2) is 29.9 Å². The summed E-state index contributed by atoms with van der Waals surface area (Å²) >= 11 is 0. The predicted octanol–water partition coefficient (Wildman–Crippen LogP) is 4.32. The van der Waals surface area contributed by atoms with Crippen LogP contribution in [0.5, 0.6) is 0 Å². The van der Waals surface area contributed by atoms with E-state index in [1.54, 1.807) is 6.92 Å². The van der Waals surface area contributed by atoms with E-state index >= 15 is 0 Å². The van der Waals surface area contributed by atoms with Crippen LogP contribution < -0.4 is 5.32 Å². The quantitative estimate of drug-likeness (QED) is 0.869. The van der Waals surface area contributed by atoms with Gasteiger partial charge in [-0.2, -0.15) is 0 Å². The fourth-order valence-electron chi connectivity index (χ4n) is 5.67. The lowest BCUT2D eigenvalue weighted by molar-refractivity contribution is -0.119. The van der Waals surface area contributed by atoms with Gasteiger partial charge < -0.3 is 10.2 Å². The molecule has 1 saturated heterocycles. The van der Waals surface area contributed by atoms with E-state index in [1.165, 1.54) is 75.6 Å². The minimum Gasteiger partial charge on any atom is -0.350 e. The summed E-state index contributed by atoms with van der Waals surface area (Å²) in [4.78, 5) is 14.4. The zero-order valence-corrected chi connectivity index (χ0v) is 15.6. The monoisotopic (exact) mass is 340 g/mol. The van der Waals surface area contributed by atoms with Gasteiger partial charge in [-0.3, -0.25) is 4.79 Å². The Morgan fingerprint density at radius 1 is 1.04 bits per heavy atom. The number of amides is 1. The smallest absolute Gasteiger partial charge is 0.217 e. The van der Waals surface area contributed by atoms with E-state index in [1.807, 2.05) is 0 Å². The highest BCUT2D eigenvalue weighted by Gasteiger charge is 2.42. The van der Waals surface area contributed by atoms with Crippen LogP contribution in [0.25, 0.3) is 0 Å².